The molecule has 318 valence electrons. The van der Waals surface area contributed by atoms with Gasteiger partial charge < -0.3 is 0 Å². The maximum Gasteiger partial charge on any atom is 0.160 e. The molecule has 8 aromatic carbocycles. The number of hydrogen-bond acceptors (Lipinski definition) is 6. The molecule has 6 heteroatoms. The van der Waals surface area contributed by atoms with Crippen LogP contribution in [-0.2, 0) is 0 Å². The van der Waals surface area contributed by atoms with Crippen molar-refractivity contribution in [2.75, 3.05) is 0 Å². The molecule has 12 rings (SSSR count). The van der Waals surface area contributed by atoms with Gasteiger partial charge in [0.1, 0.15) is 0 Å². The van der Waals surface area contributed by atoms with E-state index < -0.39 is 0 Å². The molecule has 4 aromatic heterocycles. The third kappa shape index (κ3) is 7.97. The van der Waals surface area contributed by atoms with E-state index in [1.54, 1.807) is 0 Å². The molecule has 6 nitrogen and oxygen atoms in total. The predicted octanol–water partition coefficient (Wildman–Crippen LogP) is 15.4. The van der Waals surface area contributed by atoms with Crippen molar-refractivity contribution in [2.45, 2.75) is 0 Å². The van der Waals surface area contributed by atoms with Crippen LogP contribution in [0.15, 0.2) is 243 Å². The molecule has 0 N–H and O–H groups in total. The number of pyridine rings is 2. The Kier molecular flexibility index (Phi) is 10.4. The Hall–Kier alpha value is -9.26. The molecule has 0 aliphatic carbocycles. The largest absolute Gasteiger partial charge is 0.256 e. The summed E-state index contributed by atoms with van der Waals surface area (Å²) in [5.74, 6) is 1.32. The van der Waals surface area contributed by atoms with Crippen LogP contribution in [0.2, 0.25) is 0 Å². The van der Waals surface area contributed by atoms with Crippen molar-refractivity contribution in [1.82, 2.24) is 29.9 Å². The molecular weight excluding hydrogens is 829 g/mol. The van der Waals surface area contributed by atoms with E-state index >= 15 is 0 Å². The summed E-state index contributed by atoms with van der Waals surface area (Å²) in [5.41, 5.74) is 15.6. The van der Waals surface area contributed by atoms with E-state index in [-0.39, 0.29) is 0 Å². The monoisotopic (exact) mass is 868 g/mol. The van der Waals surface area contributed by atoms with E-state index in [1.165, 1.54) is 10.8 Å². The molecule has 0 bridgehead atoms. The van der Waals surface area contributed by atoms with Gasteiger partial charge in [-0.3, -0.25) is 9.97 Å². The van der Waals surface area contributed by atoms with Crippen molar-refractivity contribution in [3.05, 3.63) is 243 Å². The van der Waals surface area contributed by atoms with Gasteiger partial charge in [-0.05, 0) is 46.2 Å². The van der Waals surface area contributed by atoms with Crippen LogP contribution in [0.3, 0.4) is 0 Å². The van der Waals surface area contributed by atoms with E-state index in [0.717, 1.165) is 101 Å². The molecule has 0 saturated heterocycles. The fraction of sp³-hybridized carbons (Fsp3) is 0. The van der Waals surface area contributed by atoms with Crippen LogP contribution in [0.1, 0.15) is 0 Å². The van der Waals surface area contributed by atoms with E-state index in [1.807, 2.05) is 60.9 Å². The maximum atomic E-state index is 5.14. The second kappa shape index (κ2) is 17.6. The molecule has 0 spiro atoms. The van der Waals surface area contributed by atoms with E-state index in [2.05, 4.69) is 182 Å². The van der Waals surface area contributed by atoms with Crippen molar-refractivity contribution < 1.29 is 0 Å². The Morgan fingerprint density at radius 3 is 0.897 bits per heavy atom. The summed E-state index contributed by atoms with van der Waals surface area (Å²) in [5, 5.41) is 4.59. The van der Waals surface area contributed by atoms with Crippen molar-refractivity contribution in [1.29, 1.82) is 0 Å². The summed E-state index contributed by atoms with van der Waals surface area (Å²) in [6, 6.07) is 79.5. The summed E-state index contributed by atoms with van der Waals surface area (Å²) in [7, 11) is 0. The van der Waals surface area contributed by atoms with Crippen LogP contribution >= 0.6 is 0 Å². The fourth-order valence-corrected chi connectivity index (χ4v) is 8.88. The lowest BCUT2D eigenvalue weighted by molar-refractivity contribution is 1.18. The van der Waals surface area contributed by atoms with Gasteiger partial charge in [-0.25, -0.2) is 19.9 Å². The predicted molar refractivity (Wildman–Crippen MR) is 277 cm³/mol. The summed E-state index contributed by atoms with van der Waals surface area (Å²) in [6.07, 6.45) is 3.75. The molecular formula is C62H40N6. The lowest BCUT2D eigenvalue weighted by Crippen LogP contribution is -1.96. The van der Waals surface area contributed by atoms with E-state index in [0.29, 0.717) is 11.6 Å². The van der Waals surface area contributed by atoms with Gasteiger partial charge in [0.25, 0.3) is 0 Å². The SMILES string of the molecule is c1ccc(-c2cc(-c3ccc(-c4nccc5ccccc45)cc3)nc(-c3ccc(-c4ccc(-c5nc(-c6ccccc6)cc(-c6ccc(-c7nccc8ccccc78)cc6)n5)cc4)cc3)n2)cc1. The van der Waals surface area contributed by atoms with Crippen LogP contribution in [0.5, 0.6) is 0 Å². The molecule has 0 unspecified atom stereocenters. The first-order valence-corrected chi connectivity index (χ1v) is 22.7. The smallest absolute Gasteiger partial charge is 0.160 e. The molecule has 0 atom stereocenters. The summed E-state index contributed by atoms with van der Waals surface area (Å²) >= 11 is 0. The van der Waals surface area contributed by atoms with Gasteiger partial charge in [0.2, 0.25) is 0 Å². The third-order valence-corrected chi connectivity index (χ3v) is 12.5. The number of nitrogens with zero attached hydrogens (tertiary/aromatic N) is 6. The van der Waals surface area contributed by atoms with Crippen LogP contribution in [0.25, 0.3) is 123 Å². The topological polar surface area (TPSA) is 77.3 Å². The zero-order valence-electron chi connectivity index (χ0n) is 36.8. The van der Waals surface area contributed by atoms with Crippen molar-refractivity contribution in [2.24, 2.45) is 0 Å². The highest BCUT2D eigenvalue weighted by Crippen LogP contribution is 2.35. The average Bonchev–Trinajstić information content (AvgIpc) is 3.43. The summed E-state index contributed by atoms with van der Waals surface area (Å²) < 4.78 is 0. The lowest BCUT2D eigenvalue weighted by atomic mass is 10.00. The third-order valence-electron chi connectivity index (χ3n) is 12.5. The quantitative estimate of drug-likeness (QED) is 0.144. The van der Waals surface area contributed by atoms with Gasteiger partial charge in [0.05, 0.1) is 34.2 Å². The van der Waals surface area contributed by atoms with Gasteiger partial charge in [0.15, 0.2) is 11.6 Å². The highest BCUT2D eigenvalue weighted by Gasteiger charge is 2.15. The van der Waals surface area contributed by atoms with Crippen molar-refractivity contribution in [3.8, 4) is 101 Å². The number of fused-ring (bicyclic) bond motifs is 2. The number of hydrogen-bond donors (Lipinski definition) is 0. The first-order valence-electron chi connectivity index (χ1n) is 22.7. The summed E-state index contributed by atoms with van der Waals surface area (Å²) in [6.45, 7) is 0. The second-order valence-corrected chi connectivity index (χ2v) is 16.7. The molecule has 0 radical (unpaired) electrons. The van der Waals surface area contributed by atoms with Crippen LogP contribution in [0, 0.1) is 0 Å². The van der Waals surface area contributed by atoms with Gasteiger partial charge in [-0.2, -0.15) is 0 Å². The van der Waals surface area contributed by atoms with Gasteiger partial charge >= 0.3 is 0 Å². The first kappa shape index (κ1) is 40.3. The Labute approximate surface area is 394 Å². The normalized spacial score (nSPS) is 11.2. The maximum absolute atomic E-state index is 5.14. The van der Waals surface area contributed by atoms with E-state index in [4.69, 9.17) is 29.9 Å². The average molecular weight is 869 g/mol. The second-order valence-electron chi connectivity index (χ2n) is 16.7. The number of rotatable bonds is 9. The molecule has 68 heavy (non-hydrogen) atoms. The molecule has 0 fully saturated rings. The number of benzene rings is 8. The lowest BCUT2D eigenvalue weighted by Gasteiger charge is -2.12. The van der Waals surface area contributed by atoms with Gasteiger partial charge in [-0.15, -0.1) is 0 Å². The Bertz CT molecular complexity index is 3480. The minimum absolute atomic E-state index is 0.661. The fourth-order valence-electron chi connectivity index (χ4n) is 8.88. The highest BCUT2D eigenvalue weighted by atomic mass is 14.9. The minimum Gasteiger partial charge on any atom is -0.256 e. The van der Waals surface area contributed by atoms with Crippen LogP contribution < -0.4 is 0 Å². The van der Waals surface area contributed by atoms with Gasteiger partial charge in [-0.1, -0.05) is 206 Å². The van der Waals surface area contributed by atoms with E-state index in [9.17, 15) is 0 Å². The standard InChI is InChI=1S/C62H40N6/c1-3-13-45(14-4-1)55-39-57(47-23-27-49(28-24-47)59-53-17-9-7-11-43(53)35-37-63-59)67-61(65-55)51-31-19-41(20-32-51)42-21-33-52(34-22-42)62-66-56(46-15-5-2-6-16-46)40-58(68-62)48-25-29-50(30-26-48)60-54-18-10-8-12-44(54)36-38-64-60/h1-40H. The zero-order chi connectivity index (χ0) is 45.2. The molecule has 0 aliphatic heterocycles. The molecule has 0 amide bonds. The van der Waals surface area contributed by atoms with Crippen LogP contribution in [0.4, 0.5) is 0 Å². The highest BCUT2D eigenvalue weighted by molar-refractivity contribution is 5.96. The van der Waals surface area contributed by atoms with Crippen molar-refractivity contribution >= 4 is 21.5 Å². The first-order chi connectivity index (χ1) is 33.7. The molecule has 0 aliphatic rings. The molecule has 12 aromatic rings. The molecule has 0 saturated carbocycles. The Balaban J connectivity index is 0.840. The summed E-state index contributed by atoms with van der Waals surface area (Å²) in [4.78, 5) is 30.0. The number of aromatic nitrogens is 6. The van der Waals surface area contributed by atoms with Crippen molar-refractivity contribution in [3.63, 3.8) is 0 Å². The van der Waals surface area contributed by atoms with Crippen LogP contribution in [-0.4, -0.2) is 29.9 Å². The minimum atomic E-state index is 0.661. The molecule has 4 heterocycles. The zero-order valence-corrected chi connectivity index (χ0v) is 36.8. The Morgan fingerprint density at radius 2 is 0.515 bits per heavy atom. The van der Waals surface area contributed by atoms with Gasteiger partial charge in [0, 0.05) is 67.7 Å². The Morgan fingerprint density at radius 1 is 0.221 bits per heavy atom.